The summed E-state index contributed by atoms with van der Waals surface area (Å²) in [5.41, 5.74) is 2.84. The van der Waals surface area contributed by atoms with E-state index < -0.39 is 4.92 Å². The lowest BCUT2D eigenvalue weighted by molar-refractivity contribution is -0.384. The van der Waals surface area contributed by atoms with Gasteiger partial charge in [-0.2, -0.15) is 0 Å². The summed E-state index contributed by atoms with van der Waals surface area (Å²) in [6.45, 7) is 1.97. The van der Waals surface area contributed by atoms with Crippen LogP contribution in [0, 0.1) is 17.0 Å². The molecule has 0 atom stereocenters. The van der Waals surface area contributed by atoms with E-state index in [-0.39, 0.29) is 18.0 Å². The Hall–Kier alpha value is -2.67. The zero-order valence-corrected chi connectivity index (χ0v) is 14.3. The lowest BCUT2D eigenvalue weighted by atomic mass is 10.1. The Labute approximate surface area is 145 Å². The number of carbonyl (C=O) groups excluding carboxylic acids is 1. The Morgan fingerprint density at radius 1 is 1.29 bits per heavy atom. The molecule has 0 aliphatic carbocycles. The highest BCUT2D eigenvalue weighted by atomic mass is 79.9. The van der Waals surface area contributed by atoms with E-state index in [1.54, 1.807) is 6.26 Å². The van der Waals surface area contributed by atoms with Gasteiger partial charge in [-0.15, -0.1) is 0 Å². The number of rotatable bonds is 4. The summed E-state index contributed by atoms with van der Waals surface area (Å²) in [5.74, 6) is -0.277. The van der Waals surface area contributed by atoms with Gasteiger partial charge in [0.2, 0.25) is 5.91 Å². The van der Waals surface area contributed by atoms with Crippen molar-refractivity contribution in [2.75, 3.05) is 5.32 Å². The molecule has 0 saturated carbocycles. The summed E-state index contributed by atoms with van der Waals surface area (Å²) in [6.07, 6.45) is 1.68. The van der Waals surface area contributed by atoms with Gasteiger partial charge in [-0.1, -0.05) is 11.6 Å². The zero-order chi connectivity index (χ0) is 17.3. The average molecular weight is 389 g/mol. The largest absolute Gasteiger partial charge is 0.464 e. The Kier molecular flexibility index (Phi) is 4.35. The third-order valence-corrected chi connectivity index (χ3v) is 4.29. The van der Waals surface area contributed by atoms with Crippen molar-refractivity contribution in [1.29, 1.82) is 0 Å². The highest BCUT2D eigenvalue weighted by Gasteiger charge is 2.14. The third-order valence-electron chi connectivity index (χ3n) is 3.60. The molecule has 2 aromatic carbocycles. The van der Waals surface area contributed by atoms with Gasteiger partial charge in [0.15, 0.2) is 0 Å². The van der Waals surface area contributed by atoms with Crippen molar-refractivity contribution in [2.45, 2.75) is 13.3 Å². The molecule has 122 valence electrons. The molecule has 0 aliphatic heterocycles. The van der Waals surface area contributed by atoms with E-state index in [1.165, 1.54) is 18.2 Å². The molecule has 0 fully saturated rings. The molecular formula is C17H13BrN2O4. The van der Waals surface area contributed by atoms with Crippen LogP contribution >= 0.6 is 15.9 Å². The molecule has 0 radical (unpaired) electrons. The van der Waals surface area contributed by atoms with E-state index in [0.717, 1.165) is 22.1 Å². The molecule has 6 nitrogen and oxygen atoms in total. The Morgan fingerprint density at radius 3 is 2.83 bits per heavy atom. The van der Waals surface area contributed by atoms with Gasteiger partial charge < -0.3 is 9.73 Å². The fraction of sp³-hybridized carbons (Fsp3) is 0.118. The summed E-state index contributed by atoms with van der Waals surface area (Å²) in [4.78, 5) is 22.6. The van der Waals surface area contributed by atoms with Crippen LogP contribution in [0.25, 0.3) is 11.0 Å². The number of carbonyl (C=O) groups is 1. The van der Waals surface area contributed by atoms with E-state index in [2.05, 4.69) is 21.2 Å². The van der Waals surface area contributed by atoms with Crippen molar-refractivity contribution in [3.05, 3.63) is 68.4 Å². The number of anilines is 1. The maximum Gasteiger partial charge on any atom is 0.271 e. The molecule has 0 saturated heterocycles. The quantitative estimate of drug-likeness (QED) is 0.522. The number of non-ortho nitro benzene ring substituents is 1. The molecule has 1 heterocycles. The normalized spacial score (nSPS) is 10.8. The minimum Gasteiger partial charge on any atom is -0.464 e. The number of halogens is 1. The molecule has 3 aromatic rings. The maximum atomic E-state index is 12.3. The van der Waals surface area contributed by atoms with E-state index in [0.29, 0.717) is 10.2 Å². The summed E-state index contributed by atoms with van der Waals surface area (Å²) >= 11 is 3.28. The number of nitrogens with one attached hydrogen (secondary N) is 1. The second-order valence-electron chi connectivity index (χ2n) is 5.41. The first kappa shape index (κ1) is 16.2. The second kappa shape index (κ2) is 6.45. The number of nitrogens with zero attached hydrogens (tertiary/aromatic N) is 1. The highest BCUT2D eigenvalue weighted by Crippen LogP contribution is 2.28. The van der Waals surface area contributed by atoms with Gasteiger partial charge in [-0.05, 0) is 41.1 Å². The van der Waals surface area contributed by atoms with Crippen LogP contribution in [-0.2, 0) is 11.2 Å². The Bertz CT molecular complexity index is 949. The minimum absolute atomic E-state index is 0.0853. The first-order valence-electron chi connectivity index (χ1n) is 7.14. The number of aryl methyl sites for hydroxylation is 1. The summed E-state index contributed by atoms with van der Waals surface area (Å²) in [7, 11) is 0. The first-order chi connectivity index (χ1) is 11.4. The molecule has 3 rings (SSSR count). The number of furan rings is 1. The summed E-state index contributed by atoms with van der Waals surface area (Å²) < 4.78 is 6.03. The Balaban J connectivity index is 1.81. The van der Waals surface area contributed by atoms with E-state index in [9.17, 15) is 14.9 Å². The van der Waals surface area contributed by atoms with Gasteiger partial charge >= 0.3 is 0 Å². The topological polar surface area (TPSA) is 85.4 Å². The van der Waals surface area contributed by atoms with Crippen LogP contribution in [0.4, 0.5) is 11.4 Å². The zero-order valence-electron chi connectivity index (χ0n) is 12.7. The van der Waals surface area contributed by atoms with E-state index in [4.69, 9.17) is 4.42 Å². The van der Waals surface area contributed by atoms with Crippen molar-refractivity contribution < 1.29 is 14.1 Å². The molecule has 24 heavy (non-hydrogen) atoms. The van der Waals surface area contributed by atoms with Gasteiger partial charge in [0, 0.05) is 27.6 Å². The van der Waals surface area contributed by atoms with Crippen LogP contribution in [0.2, 0.25) is 0 Å². The fourth-order valence-corrected chi connectivity index (χ4v) is 2.77. The van der Waals surface area contributed by atoms with Crippen molar-refractivity contribution in [1.82, 2.24) is 0 Å². The molecule has 0 aliphatic rings. The lowest BCUT2D eigenvalue weighted by Crippen LogP contribution is -2.14. The minimum atomic E-state index is -0.505. The average Bonchev–Trinajstić information content (AvgIpc) is 2.91. The van der Waals surface area contributed by atoms with Crippen LogP contribution < -0.4 is 5.32 Å². The van der Waals surface area contributed by atoms with Gasteiger partial charge in [0.05, 0.1) is 23.3 Å². The molecular weight excluding hydrogens is 376 g/mol. The van der Waals surface area contributed by atoms with Crippen LogP contribution in [0.3, 0.4) is 0 Å². The molecule has 1 aromatic heterocycles. The number of fused-ring (bicyclic) bond motifs is 1. The maximum absolute atomic E-state index is 12.3. The van der Waals surface area contributed by atoms with E-state index in [1.807, 2.05) is 25.1 Å². The number of amides is 1. The van der Waals surface area contributed by atoms with Crippen LogP contribution in [0.1, 0.15) is 11.1 Å². The number of nitro groups is 1. The van der Waals surface area contributed by atoms with Gasteiger partial charge in [0.1, 0.15) is 5.58 Å². The van der Waals surface area contributed by atoms with E-state index >= 15 is 0 Å². The Morgan fingerprint density at radius 2 is 2.08 bits per heavy atom. The highest BCUT2D eigenvalue weighted by molar-refractivity contribution is 9.10. The smallest absolute Gasteiger partial charge is 0.271 e. The molecule has 0 unspecified atom stereocenters. The molecule has 7 heteroatoms. The SMILES string of the molecule is Cc1ccc2occ(CC(=O)Nc3cc([N+](=O)[O-])ccc3Br)c2c1. The van der Waals surface area contributed by atoms with Crippen LogP contribution in [-0.4, -0.2) is 10.8 Å². The lowest BCUT2D eigenvalue weighted by Gasteiger charge is -2.07. The number of benzene rings is 2. The number of nitro benzene ring substituents is 1. The molecule has 0 bridgehead atoms. The summed E-state index contributed by atoms with van der Waals surface area (Å²) in [6, 6.07) is 9.99. The predicted octanol–water partition coefficient (Wildman–Crippen LogP) is 4.59. The van der Waals surface area contributed by atoms with Crippen molar-refractivity contribution in [3.8, 4) is 0 Å². The van der Waals surface area contributed by atoms with Gasteiger partial charge in [0.25, 0.3) is 5.69 Å². The van der Waals surface area contributed by atoms with Crippen molar-refractivity contribution in [2.24, 2.45) is 0 Å². The third kappa shape index (κ3) is 3.30. The molecule has 1 N–H and O–H groups in total. The van der Waals surface area contributed by atoms with Crippen molar-refractivity contribution in [3.63, 3.8) is 0 Å². The van der Waals surface area contributed by atoms with Crippen LogP contribution in [0.5, 0.6) is 0 Å². The van der Waals surface area contributed by atoms with Crippen LogP contribution in [0.15, 0.2) is 51.6 Å². The standard InChI is InChI=1S/C17H13BrN2O4/c1-10-2-5-16-13(6-10)11(9-24-16)7-17(21)19-15-8-12(20(22)23)3-4-14(15)18/h2-6,8-9H,7H2,1H3,(H,19,21). The second-order valence-corrected chi connectivity index (χ2v) is 6.26. The monoisotopic (exact) mass is 388 g/mol. The molecule has 0 spiro atoms. The van der Waals surface area contributed by atoms with Gasteiger partial charge in [-0.25, -0.2) is 0 Å². The summed E-state index contributed by atoms with van der Waals surface area (Å²) in [5, 5.41) is 14.4. The predicted molar refractivity (Wildman–Crippen MR) is 94.1 cm³/mol. The number of hydrogen-bond donors (Lipinski definition) is 1. The number of hydrogen-bond acceptors (Lipinski definition) is 4. The fourth-order valence-electron chi connectivity index (χ4n) is 2.42. The van der Waals surface area contributed by atoms with Gasteiger partial charge in [-0.3, -0.25) is 14.9 Å². The first-order valence-corrected chi connectivity index (χ1v) is 7.94. The molecule has 1 amide bonds. The van der Waals surface area contributed by atoms with Crippen molar-refractivity contribution >= 4 is 44.2 Å².